The second-order valence-corrected chi connectivity index (χ2v) is 6.55. The zero-order valence-electron chi connectivity index (χ0n) is 16.1. The molecule has 0 rings (SSSR count). The van der Waals surface area contributed by atoms with Gasteiger partial charge >= 0.3 is 11.9 Å². The van der Waals surface area contributed by atoms with E-state index in [0.29, 0.717) is 19.6 Å². The average molecular weight is 343 g/mol. The Morgan fingerprint density at radius 3 is 1.79 bits per heavy atom. The maximum absolute atomic E-state index is 12.2. The first-order valence-corrected chi connectivity index (χ1v) is 9.97. The summed E-state index contributed by atoms with van der Waals surface area (Å²) in [7, 11) is 0. The van der Waals surface area contributed by atoms with Crippen molar-refractivity contribution in [2.45, 2.75) is 97.8 Å². The average Bonchev–Trinajstić information content (AvgIpc) is 2.58. The third-order valence-corrected chi connectivity index (χ3v) is 4.16. The Hall–Kier alpha value is -1.06. The van der Waals surface area contributed by atoms with Crippen LogP contribution < -0.4 is 0 Å². The zero-order valence-corrected chi connectivity index (χ0v) is 16.1. The summed E-state index contributed by atoms with van der Waals surface area (Å²) in [5, 5.41) is 0. The van der Waals surface area contributed by atoms with E-state index < -0.39 is 0 Å². The molecule has 0 aromatic rings. The Balaban J connectivity index is 4.08. The minimum atomic E-state index is -0.348. The summed E-state index contributed by atoms with van der Waals surface area (Å²) >= 11 is 0. The number of carbonyl (C=O) groups is 2. The Morgan fingerprint density at radius 1 is 0.708 bits per heavy atom. The van der Waals surface area contributed by atoms with Gasteiger partial charge in [0, 0.05) is 0 Å². The lowest BCUT2D eigenvalue weighted by atomic mass is 9.99. The molecule has 0 N–H and O–H groups in total. The summed E-state index contributed by atoms with van der Waals surface area (Å²) in [4.78, 5) is 24.1. The molecule has 0 aliphatic rings. The molecule has 0 spiro atoms. The monoisotopic (exact) mass is 342 g/mol. The number of hydrogen-bond acceptors (Lipinski definition) is 4. The summed E-state index contributed by atoms with van der Waals surface area (Å²) < 4.78 is 10.6. The smallest absolute Gasteiger partial charge is 0.309 e. The first kappa shape index (κ1) is 22.9. The van der Waals surface area contributed by atoms with Crippen molar-refractivity contribution in [1.29, 1.82) is 0 Å². The Bertz CT molecular complexity index is 315. The van der Waals surface area contributed by atoms with Crippen LogP contribution in [0.1, 0.15) is 97.8 Å². The van der Waals surface area contributed by atoms with E-state index >= 15 is 0 Å². The molecule has 1 atom stereocenters. The van der Waals surface area contributed by atoms with E-state index in [2.05, 4.69) is 20.8 Å². The topological polar surface area (TPSA) is 52.6 Å². The van der Waals surface area contributed by atoms with Gasteiger partial charge in [0.1, 0.15) is 0 Å². The van der Waals surface area contributed by atoms with Crippen LogP contribution in [0.25, 0.3) is 0 Å². The Labute approximate surface area is 148 Å². The molecule has 1 unspecified atom stereocenters. The predicted molar refractivity (Wildman–Crippen MR) is 97.8 cm³/mol. The first-order chi connectivity index (χ1) is 11.7. The molecule has 0 aromatic heterocycles. The standard InChI is InChI=1S/C20H38O4/c1-4-7-10-12-15-23-19(21)17-18(14-9-6-3)20(22)24-16-13-11-8-5-2/h18H,4-17H2,1-3H3. The lowest BCUT2D eigenvalue weighted by Gasteiger charge is -2.15. The number of unbranched alkanes of at least 4 members (excludes halogenated alkanes) is 7. The van der Waals surface area contributed by atoms with Crippen molar-refractivity contribution in [2.24, 2.45) is 5.92 Å². The highest BCUT2D eigenvalue weighted by atomic mass is 16.5. The van der Waals surface area contributed by atoms with Crippen molar-refractivity contribution in [3.05, 3.63) is 0 Å². The quantitative estimate of drug-likeness (QED) is 0.277. The second-order valence-electron chi connectivity index (χ2n) is 6.55. The number of hydrogen-bond donors (Lipinski definition) is 0. The van der Waals surface area contributed by atoms with Crippen LogP contribution in [0.15, 0.2) is 0 Å². The van der Waals surface area contributed by atoms with Crippen LogP contribution in [-0.2, 0) is 19.1 Å². The summed E-state index contributed by atoms with van der Waals surface area (Å²) in [5.41, 5.74) is 0. The highest BCUT2D eigenvalue weighted by molar-refractivity contribution is 5.79. The third-order valence-electron chi connectivity index (χ3n) is 4.16. The maximum atomic E-state index is 12.2. The van der Waals surface area contributed by atoms with Gasteiger partial charge in [-0.25, -0.2) is 0 Å². The largest absolute Gasteiger partial charge is 0.466 e. The molecular weight excluding hydrogens is 304 g/mol. The van der Waals surface area contributed by atoms with Crippen molar-refractivity contribution < 1.29 is 19.1 Å². The van der Waals surface area contributed by atoms with E-state index in [1.54, 1.807) is 0 Å². The van der Waals surface area contributed by atoms with Gasteiger partial charge in [-0.2, -0.15) is 0 Å². The normalized spacial score (nSPS) is 12.0. The van der Waals surface area contributed by atoms with Crippen molar-refractivity contribution in [3.63, 3.8) is 0 Å². The van der Waals surface area contributed by atoms with Crippen LogP contribution in [0, 0.1) is 5.92 Å². The van der Waals surface area contributed by atoms with Gasteiger partial charge in [-0.05, 0) is 19.3 Å². The second kappa shape index (κ2) is 16.8. The summed E-state index contributed by atoms with van der Waals surface area (Å²) in [6.07, 6.45) is 11.4. The molecule has 0 aromatic carbocycles. The molecule has 0 radical (unpaired) electrons. The van der Waals surface area contributed by atoms with Gasteiger partial charge < -0.3 is 9.47 Å². The highest BCUT2D eigenvalue weighted by Crippen LogP contribution is 2.16. The van der Waals surface area contributed by atoms with E-state index in [4.69, 9.17) is 9.47 Å². The fourth-order valence-corrected chi connectivity index (χ4v) is 2.55. The number of ether oxygens (including phenoxy) is 2. The molecule has 0 saturated heterocycles. The van der Waals surface area contributed by atoms with Crippen LogP contribution in [0.5, 0.6) is 0 Å². The molecule has 0 bridgehead atoms. The summed E-state index contributed by atoms with van der Waals surface area (Å²) in [6, 6.07) is 0. The van der Waals surface area contributed by atoms with Crippen molar-refractivity contribution >= 4 is 11.9 Å². The minimum Gasteiger partial charge on any atom is -0.466 e. The maximum Gasteiger partial charge on any atom is 0.309 e. The zero-order chi connectivity index (χ0) is 18.0. The van der Waals surface area contributed by atoms with Crippen molar-refractivity contribution in [2.75, 3.05) is 13.2 Å². The van der Waals surface area contributed by atoms with Crippen LogP contribution in [0.4, 0.5) is 0 Å². The molecule has 0 heterocycles. The molecular formula is C20H38O4. The van der Waals surface area contributed by atoms with Crippen LogP contribution in [-0.4, -0.2) is 25.2 Å². The molecule has 4 heteroatoms. The number of rotatable bonds is 16. The molecule has 0 fully saturated rings. The van der Waals surface area contributed by atoms with E-state index in [9.17, 15) is 9.59 Å². The van der Waals surface area contributed by atoms with Gasteiger partial charge in [0.2, 0.25) is 0 Å². The fourth-order valence-electron chi connectivity index (χ4n) is 2.55. The van der Waals surface area contributed by atoms with Gasteiger partial charge in [-0.15, -0.1) is 0 Å². The van der Waals surface area contributed by atoms with Gasteiger partial charge in [-0.3, -0.25) is 9.59 Å². The van der Waals surface area contributed by atoms with Gasteiger partial charge in [0.05, 0.1) is 25.6 Å². The van der Waals surface area contributed by atoms with Crippen LogP contribution >= 0.6 is 0 Å². The van der Waals surface area contributed by atoms with Crippen LogP contribution in [0.3, 0.4) is 0 Å². The number of carbonyl (C=O) groups excluding carboxylic acids is 2. The van der Waals surface area contributed by atoms with E-state index in [-0.39, 0.29) is 24.3 Å². The number of esters is 2. The lowest BCUT2D eigenvalue weighted by molar-refractivity contribution is -0.155. The van der Waals surface area contributed by atoms with Gasteiger partial charge in [0.15, 0.2) is 0 Å². The molecule has 4 nitrogen and oxygen atoms in total. The molecule has 24 heavy (non-hydrogen) atoms. The summed E-state index contributed by atoms with van der Waals surface area (Å²) in [6.45, 7) is 7.32. The van der Waals surface area contributed by atoms with Gasteiger partial charge in [-0.1, -0.05) is 72.1 Å². The van der Waals surface area contributed by atoms with E-state index in [1.807, 2.05) is 0 Å². The van der Waals surface area contributed by atoms with Crippen molar-refractivity contribution in [3.8, 4) is 0 Å². The highest BCUT2D eigenvalue weighted by Gasteiger charge is 2.23. The van der Waals surface area contributed by atoms with Crippen LogP contribution in [0.2, 0.25) is 0 Å². The lowest BCUT2D eigenvalue weighted by Crippen LogP contribution is -2.23. The first-order valence-electron chi connectivity index (χ1n) is 9.97. The molecule has 0 aliphatic carbocycles. The predicted octanol–water partition coefficient (Wildman–Crippen LogP) is 5.43. The molecule has 0 amide bonds. The summed E-state index contributed by atoms with van der Waals surface area (Å²) in [5.74, 6) is -0.849. The fraction of sp³-hybridized carbons (Fsp3) is 0.900. The molecule has 142 valence electrons. The van der Waals surface area contributed by atoms with Gasteiger partial charge in [0.25, 0.3) is 0 Å². The third kappa shape index (κ3) is 13.4. The molecule has 0 saturated carbocycles. The Morgan fingerprint density at radius 2 is 1.25 bits per heavy atom. The SMILES string of the molecule is CCCCCCOC(=O)CC(CCCC)C(=O)OCCCCCC. The van der Waals surface area contributed by atoms with Crippen molar-refractivity contribution in [1.82, 2.24) is 0 Å². The molecule has 0 aliphatic heterocycles. The van der Waals surface area contributed by atoms with E-state index in [1.165, 1.54) is 12.8 Å². The van der Waals surface area contributed by atoms with E-state index in [0.717, 1.165) is 51.4 Å². The minimum absolute atomic E-state index is 0.154. The Kier molecular flexibility index (Phi) is 16.0.